The molecule has 0 N–H and O–H groups in total. The van der Waals surface area contributed by atoms with E-state index in [1.807, 2.05) is 6.07 Å². The van der Waals surface area contributed by atoms with Crippen molar-refractivity contribution in [3.8, 4) is 11.5 Å². The molecule has 1 heterocycles. The van der Waals surface area contributed by atoms with Crippen LogP contribution in [-0.2, 0) is 6.42 Å². The van der Waals surface area contributed by atoms with Gasteiger partial charge in [-0.15, -0.1) is 0 Å². The van der Waals surface area contributed by atoms with Crippen molar-refractivity contribution < 1.29 is 9.47 Å². The Balaban J connectivity index is 2.02. The van der Waals surface area contributed by atoms with E-state index >= 15 is 0 Å². The van der Waals surface area contributed by atoms with E-state index in [9.17, 15) is 0 Å². The number of rotatable bonds is 7. The molecule has 2 atom stereocenters. The van der Waals surface area contributed by atoms with Crippen LogP contribution in [0, 0.1) is 11.8 Å². The van der Waals surface area contributed by atoms with Gasteiger partial charge in [-0.25, -0.2) is 0 Å². The van der Waals surface area contributed by atoms with E-state index in [1.165, 1.54) is 12.0 Å². The quantitative estimate of drug-likeness (QED) is 0.747. The molecular formula is C19H31NO2. The van der Waals surface area contributed by atoms with Crippen LogP contribution >= 0.6 is 0 Å². The van der Waals surface area contributed by atoms with E-state index in [4.69, 9.17) is 9.47 Å². The van der Waals surface area contributed by atoms with Crippen LogP contribution in [0.2, 0.25) is 0 Å². The average molecular weight is 305 g/mol. The molecule has 3 heteroatoms. The summed E-state index contributed by atoms with van der Waals surface area (Å²) in [4.78, 5) is 2.55. The van der Waals surface area contributed by atoms with Gasteiger partial charge in [-0.05, 0) is 56.3 Å². The van der Waals surface area contributed by atoms with Gasteiger partial charge in [0, 0.05) is 12.1 Å². The second-order valence-electron chi connectivity index (χ2n) is 7.35. The van der Waals surface area contributed by atoms with E-state index in [1.54, 1.807) is 0 Å². The number of nitrogens with zero attached hydrogens (tertiary/aromatic N) is 1. The summed E-state index contributed by atoms with van der Waals surface area (Å²) in [5.41, 5.74) is 1.32. The molecule has 1 aliphatic rings. The molecule has 3 nitrogen and oxygen atoms in total. The molecule has 22 heavy (non-hydrogen) atoms. The predicted molar refractivity (Wildman–Crippen MR) is 91.6 cm³/mol. The molecule has 1 aromatic rings. The van der Waals surface area contributed by atoms with Crippen LogP contribution < -0.4 is 9.47 Å². The lowest BCUT2D eigenvalue weighted by molar-refractivity contribution is 0.124. The Morgan fingerprint density at radius 1 is 1.05 bits per heavy atom. The fourth-order valence-corrected chi connectivity index (χ4v) is 3.27. The molecule has 124 valence electrons. The predicted octanol–water partition coefficient (Wildman–Crippen LogP) is 4.35. The fourth-order valence-electron chi connectivity index (χ4n) is 3.27. The van der Waals surface area contributed by atoms with Crippen LogP contribution in [0.1, 0.15) is 46.6 Å². The lowest BCUT2D eigenvalue weighted by Crippen LogP contribution is -2.43. The second kappa shape index (κ2) is 7.36. The number of likely N-dealkylation sites (N-methyl/N-ethyl adjacent to an activating group) is 1. The summed E-state index contributed by atoms with van der Waals surface area (Å²) in [5, 5.41) is 0. The van der Waals surface area contributed by atoms with Gasteiger partial charge in [-0.2, -0.15) is 0 Å². The largest absolute Gasteiger partial charge is 0.454 e. The smallest absolute Gasteiger partial charge is 0.231 e. The van der Waals surface area contributed by atoms with Crippen molar-refractivity contribution in [1.29, 1.82) is 0 Å². The molecular weight excluding hydrogens is 274 g/mol. The third-order valence-corrected chi connectivity index (χ3v) is 4.67. The molecule has 0 bridgehead atoms. The van der Waals surface area contributed by atoms with E-state index in [-0.39, 0.29) is 0 Å². The Bertz CT molecular complexity index is 484. The minimum atomic E-state index is 0.345. The molecule has 0 radical (unpaired) electrons. The highest BCUT2D eigenvalue weighted by atomic mass is 16.7. The zero-order valence-electron chi connectivity index (χ0n) is 14.9. The average Bonchev–Trinajstić information content (AvgIpc) is 2.91. The summed E-state index contributed by atoms with van der Waals surface area (Å²) < 4.78 is 10.9. The van der Waals surface area contributed by atoms with Crippen LogP contribution in [0.3, 0.4) is 0 Å². The second-order valence-corrected chi connectivity index (χ2v) is 7.35. The first kappa shape index (κ1) is 17.1. The molecule has 1 aromatic carbocycles. The topological polar surface area (TPSA) is 21.7 Å². The molecule has 0 aliphatic carbocycles. The van der Waals surface area contributed by atoms with Crippen molar-refractivity contribution in [2.75, 3.05) is 13.8 Å². The van der Waals surface area contributed by atoms with Crippen molar-refractivity contribution in [2.45, 2.75) is 59.5 Å². The summed E-state index contributed by atoms with van der Waals surface area (Å²) in [5.74, 6) is 3.15. The minimum Gasteiger partial charge on any atom is -0.454 e. The summed E-state index contributed by atoms with van der Waals surface area (Å²) in [6.45, 7) is 11.9. The van der Waals surface area contributed by atoms with E-state index in [0.717, 1.165) is 23.8 Å². The van der Waals surface area contributed by atoms with Crippen LogP contribution in [-0.4, -0.2) is 30.8 Å². The highest BCUT2D eigenvalue weighted by molar-refractivity contribution is 5.44. The van der Waals surface area contributed by atoms with Crippen LogP contribution in [0.15, 0.2) is 18.2 Å². The van der Waals surface area contributed by atoms with Crippen molar-refractivity contribution in [3.05, 3.63) is 23.8 Å². The molecule has 0 spiro atoms. The van der Waals surface area contributed by atoms with Crippen molar-refractivity contribution >= 4 is 0 Å². The summed E-state index contributed by atoms with van der Waals surface area (Å²) >= 11 is 0. The molecule has 1 aliphatic heterocycles. The highest BCUT2D eigenvalue weighted by Gasteiger charge is 2.24. The number of hydrogen-bond acceptors (Lipinski definition) is 3. The van der Waals surface area contributed by atoms with Gasteiger partial charge in [0.15, 0.2) is 11.5 Å². The number of ether oxygens (including phenoxy) is 2. The zero-order valence-corrected chi connectivity index (χ0v) is 14.9. The Morgan fingerprint density at radius 3 is 2.36 bits per heavy atom. The number of fused-ring (bicyclic) bond motifs is 1. The van der Waals surface area contributed by atoms with Crippen LogP contribution in [0.4, 0.5) is 0 Å². The van der Waals surface area contributed by atoms with Gasteiger partial charge in [0.05, 0.1) is 0 Å². The Labute approximate surface area is 135 Å². The normalized spacial score (nSPS) is 16.6. The molecule has 0 fully saturated rings. The molecule has 0 saturated carbocycles. The maximum atomic E-state index is 5.48. The molecule has 0 aromatic heterocycles. The van der Waals surface area contributed by atoms with Gasteiger partial charge in [0.1, 0.15) is 0 Å². The molecule has 0 saturated heterocycles. The molecule has 0 amide bonds. The van der Waals surface area contributed by atoms with E-state index < -0.39 is 0 Å². The van der Waals surface area contributed by atoms with Gasteiger partial charge in [0.25, 0.3) is 0 Å². The van der Waals surface area contributed by atoms with E-state index in [2.05, 4.69) is 58.7 Å². The third-order valence-electron chi connectivity index (χ3n) is 4.67. The van der Waals surface area contributed by atoms with Gasteiger partial charge < -0.3 is 14.4 Å². The first-order valence-corrected chi connectivity index (χ1v) is 8.49. The first-order chi connectivity index (χ1) is 10.4. The molecule has 2 rings (SSSR count). The monoisotopic (exact) mass is 305 g/mol. The van der Waals surface area contributed by atoms with Gasteiger partial charge >= 0.3 is 0 Å². The lowest BCUT2D eigenvalue weighted by atomic mass is 9.91. The number of hydrogen-bond donors (Lipinski definition) is 0. The van der Waals surface area contributed by atoms with Crippen molar-refractivity contribution in [2.24, 2.45) is 11.8 Å². The van der Waals surface area contributed by atoms with Gasteiger partial charge in [0.2, 0.25) is 6.79 Å². The minimum absolute atomic E-state index is 0.345. The van der Waals surface area contributed by atoms with Crippen LogP contribution in [0.5, 0.6) is 11.5 Å². The van der Waals surface area contributed by atoms with E-state index in [0.29, 0.717) is 24.8 Å². The SMILES string of the molecule is CC(C)CC(C(C)C)N(C)C(C)Cc1ccc2c(c1)OCO2. The Kier molecular flexibility index (Phi) is 5.74. The maximum Gasteiger partial charge on any atom is 0.231 e. The summed E-state index contributed by atoms with van der Waals surface area (Å²) in [6.07, 6.45) is 2.29. The van der Waals surface area contributed by atoms with Crippen molar-refractivity contribution in [3.63, 3.8) is 0 Å². The Hall–Kier alpha value is -1.22. The summed E-state index contributed by atoms with van der Waals surface area (Å²) in [6, 6.07) is 7.44. The maximum absolute atomic E-state index is 5.48. The standard InChI is InChI=1S/C19H31NO2/c1-13(2)9-17(14(3)4)20(6)15(5)10-16-7-8-18-19(11-16)22-12-21-18/h7-8,11,13-15,17H,9-10,12H2,1-6H3. The lowest BCUT2D eigenvalue weighted by Gasteiger charge is -2.37. The highest BCUT2D eigenvalue weighted by Crippen LogP contribution is 2.33. The van der Waals surface area contributed by atoms with Gasteiger partial charge in [-0.3, -0.25) is 0 Å². The fraction of sp³-hybridized carbons (Fsp3) is 0.684. The number of benzene rings is 1. The third kappa shape index (κ3) is 4.16. The van der Waals surface area contributed by atoms with Crippen LogP contribution in [0.25, 0.3) is 0 Å². The van der Waals surface area contributed by atoms with Gasteiger partial charge in [-0.1, -0.05) is 33.8 Å². The summed E-state index contributed by atoms with van der Waals surface area (Å²) in [7, 11) is 2.27. The van der Waals surface area contributed by atoms with Crippen molar-refractivity contribution in [1.82, 2.24) is 4.90 Å². The Morgan fingerprint density at radius 2 is 1.73 bits per heavy atom. The zero-order chi connectivity index (χ0) is 16.3. The first-order valence-electron chi connectivity index (χ1n) is 8.49. The molecule has 2 unspecified atom stereocenters.